The van der Waals surface area contributed by atoms with Crippen molar-refractivity contribution in [2.45, 2.75) is 54.7 Å². The first kappa shape index (κ1) is 25.6. The van der Waals surface area contributed by atoms with Gasteiger partial charge in [0.2, 0.25) is 0 Å². The van der Waals surface area contributed by atoms with E-state index in [1.165, 1.54) is 22.9 Å². The van der Waals surface area contributed by atoms with Gasteiger partial charge in [-0.25, -0.2) is 15.0 Å². The molecule has 3 aromatic heterocycles. The maximum atomic E-state index is 10.2. The second-order valence-electron chi connectivity index (χ2n) is 11.3. The summed E-state index contributed by atoms with van der Waals surface area (Å²) in [5.41, 5.74) is 15.0. The number of nitrogens with zero attached hydrogens (tertiary/aromatic N) is 6. The van der Waals surface area contributed by atoms with Crippen LogP contribution in [0.1, 0.15) is 43.9 Å². The van der Waals surface area contributed by atoms with E-state index in [0.717, 1.165) is 43.1 Å². The first-order valence-corrected chi connectivity index (χ1v) is 14.2. The summed E-state index contributed by atoms with van der Waals surface area (Å²) in [7, 11) is 0. The zero-order valence-electron chi connectivity index (χ0n) is 21.6. The van der Waals surface area contributed by atoms with Crippen molar-refractivity contribution in [2.24, 2.45) is 17.1 Å². The molecule has 1 spiro atoms. The molecule has 1 aliphatic carbocycles. The summed E-state index contributed by atoms with van der Waals surface area (Å²) in [6.45, 7) is 6.82. The van der Waals surface area contributed by atoms with Crippen LogP contribution in [0.4, 0.5) is 17.5 Å². The van der Waals surface area contributed by atoms with Crippen LogP contribution in [0.2, 0.25) is 5.02 Å². The molecule has 0 unspecified atom stereocenters. The molecule has 0 amide bonds. The molecule has 2 aliphatic heterocycles. The molecule has 0 aromatic carbocycles. The zero-order chi connectivity index (χ0) is 26.7. The second-order valence-corrected chi connectivity index (χ2v) is 12.7. The van der Waals surface area contributed by atoms with Crippen LogP contribution in [-0.4, -0.2) is 56.8 Å². The quantitative estimate of drug-likeness (QED) is 0.430. The molecule has 0 bridgehead atoms. The molecule has 1 atom stereocenters. The number of halogens is 1. The molecule has 3 aromatic rings. The predicted molar refractivity (Wildman–Crippen MR) is 151 cm³/mol. The highest BCUT2D eigenvalue weighted by atomic mass is 35.5. The molecular formula is C27H33ClN8OS. The van der Waals surface area contributed by atoms with Gasteiger partial charge in [-0.15, -0.1) is 0 Å². The van der Waals surface area contributed by atoms with Crippen LogP contribution in [-0.2, 0) is 6.42 Å². The summed E-state index contributed by atoms with van der Waals surface area (Å²) < 4.78 is 0. The highest BCUT2D eigenvalue weighted by Gasteiger charge is 2.46. The molecule has 0 radical (unpaired) electrons. The number of rotatable bonds is 5. The minimum atomic E-state index is -0.721. The summed E-state index contributed by atoms with van der Waals surface area (Å²) in [6.07, 6.45) is 10.3. The fourth-order valence-corrected chi connectivity index (χ4v) is 7.02. The van der Waals surface area contributed by atoms with E-state index in [4.69, 9.17) is 28.1 Å². The average Bonchev–Trinajstić information content (AvgIpc) is 3.12. The fraction of sp³-hybridized carbons (Fsp3) is 0.481. The van der Waals surface area contributed by atoms with Gasteiger partial charge in [0.1, 0.15) is 16.7 Å². The molecule has 11 heteroatoms. The Hall–Kier alpha value is -2.66. The van der Waals surface area contributed by atoms with Crippen molar-refractivity contribution in [1.29, 1.82) is 0 Å². The summed E-state index contributed by atoms with van der Waals surface area (Å²) in [5, 5.41) is 11.4. The Kier molecular flexibility index (Phi) is 6.41. The number of nitrogens with two attached hydrogens (primary N) is 2. The smallest absolute Gasteiger partial charge is 0.158 e. The monoisotopic (exact) mass is 552 g/mol. The fourth-order valence-electron chi connectivity index (χ4n) is 5.90. The van der Waals surface area contributed by atoms with E-state index in [2.05, 4.69) is 30.8 Å². The molecule has 6 rings (SSSR count). The Morgan fingerprint density at radius 3 is 2.55 bits per heavy atom. The van der Waals surface area contributed by atoms with Crippen LogP contribution in [0.15, 0.2) is 46.8 Å². The lowest BCUT2D eigenvalue weighted by molar-refractivity contribution is 0.00438. The normalized spacial score (nSPS) is 21.0. The third kappa shape index (κ3) is 4.47. The Morgan fingerprint density at radius 2 is 1.87 bits per heavy atom. The van der Waals surface area contributed by atoms with Crippen LogP contribution in [0.25, 0.3) is 0 Å². The van der Waals surface area contributed by atoms with Gasteiger partial charge in [-0.2, -0.15) is 0 Å². The number of fused-ring (bicyclic) bond motifs is 1. The van der Waals surface area contributed by atoms with E-state index in [1.807, 2.05) is 32.3 Å². The number of pyridine rings is 2. The Labute approximate surface area is 232 Å². The number of nitrogen functional groups attached to an aromatic ring is 1. The third-order valence-electron chi connectivity index (χ3n) is 8.54. The van der Waals surface area contributed by atoms with E-state index < -0.39 is 5.60 Å². The van der Waals surface area contributed by atoms with Crippen LogP contribution in [0.5, 0.6) is 0 Å². The maximum Gasteiger partial charge on any atom is 0.158 e. The van der Waals surface area contributed by atoms with Crippen molar-refractivity contribution in [1.82, 2.24) is 19.9 Å². The molecule has 2 fully saturated rings. The maximum absolute atomic E-state index is 10.2. The van der Waals surface area contributed by atoms with E-state index in [-0.39, 0.29) is 17.4 Å². The minimum Gasteiger partial charge on any atom is -0.390 e. The topological polar surface area (TPSA) is 130 Å². The number of hydrogen-bond donors (Lipinski definition) is 3. The molecular weight excluding hydrogens is 520 g/mol. The van der Waals surface area contributed by atoms with E-state index in [1.54, 1.807) is 12.4 Å². The SMILES string of the molecule is CC(C)(O)C1CN(c2nccc(Sc3ncc(N4CCC5(CC4)Cc4ccncc4[C@H]5N)nc3N)c2Cl)C1. The van der Waals surface area contributed by atoms with Gasteiger partial charge in [0.15, 0.2) is 5.82 Å². The molecule has 5 heterocycles. The summed E-state index contributed by atoms with van der Waals surface area (Å²) >= 11 is 8.13. The van der Waals surface area contributed by atoms with Crippen LogP contribution in [0, 0.1) is 11.3 Å². The lowest BCUT2D eigenvalue weighted by atomic mass is 9.73. The lowest BCUT2D eigenvalue weighted by Crippen LogP contribution is -2.56. The van der Waals surface area contributed by atoms with Crippen LogP contribution in [0.3, 0.4) is 0 Å². The standard InChI is InChI=1S/C27H33ClN8OS/c1-26(2,37)17-14-36(15-17)24-21(28)19(4-8-32-24)38-25-23(30)34-20(13-33-25)35-9-5-27(6-10-35)11-16-3-7-31-12-18(16)22(27)29/h3-4,7-8,12-13,17,22,37H,5-6,9-11,14-15,29H2,1-2H3,(H2,30,34)/t22-/m1/s1. The zero-order valence-corrected chi connectivity index (χ0v) is 23.2. The van der Waals surface area contributed by atoms with Gasteiger partial charge in [-0.3, -0.25) is 4.98 Å². The van der Waals surface area contributed by atoms with Gasteiger partial charge in [-0.1, -0.05) is 23.4 Å². The summed E-state index contributed by atoms with van der Waals surface area (Å²) in [5.74, 6) is 2.06. The van der Waals surface area contributed by atoms with Crippen LogP contribution >= 0.6 is 23.4 Å². The largest absolute Gasteiger partial charge is 0.390 e. The number of aliphatic hydroxyl groups is 1. The van der Waals surface area contributed by atoms with Crippen molar-refractivity contribution in [3.05, 3.63) is 53.1 Å². The van der Waals surface area contributed by atoms with Gasteiger partial charge in [-0.05, 0) is 61.8 Å². The van der Waals surface area contributed by atoms with E-state index in [9.17, 15) is 5.11 Å². The Morgan fingerprint density at radius 1 is 1.11 bits per heavy atom. The lowest BCUT2D eigenvalue weighted by Gasteiger charge is -2.46. The number of anilines is 3. The van der Waals surface area contributed by atoms with Gasteiger partial charge < -0.3 is 26.4 Å². The van der Waals surface area contributed by atoms with Gasteiger partial charge >= 0.3 is 0 Å². The third-order valence-corrected chi connectivity index (χ3v) is 10.1. The second kappa shape index (κ2) is 9.51. The van der Waals surface area contributed by atoms with E-state index in [0.29, 0.717) is 34.8 Å². The van der Waals surface area contributed by atoms with Crippen LogP contribution < -0.4 is 21.3 Å². The van der Waals surface area contributed by atoms with E-state index >= 15 is 0 Å². The number of piperidine rings is 1. The highest BCUT2D eigenvalue weighted by Crippen LogP contribution is 2.51. The number of aromatic nitrogens is 4. The van der Waals surface area contributed by atoms with Crippen molar-refractivity contribution >= 4 is 40.8 Å². The predicted octanol–water partition coefficient (Wildman–Crippen LogP) is 3.70. The summed E-state index contributed by atoms with van der Waals surface area (Å²) in [6, 6.07) is 3.99. The molecule has 200 valence electrons. The molecule has 9 nitrogen and oxygen atoms in total. The van der Waals surface area contributed by atoms with Crippen molar-refractivity contribution in [2.75, 3.05) is 41.7 Å². The van der Waals surface area contributed by atoms with Crippen molar-refractivity contribution < 1.29 is 5.11 Å². The average molecular weight is 553 g/mol. The van der Waals surface area contributed by atoms with Gasteiger partial charge in [0.05, 0.1) is 16.8 Å². The van der Waals surface area contributed by atoms with Crippen molar-refractivity contribution in [3.8, 4) is 0 Å². The Bertz CT molecular complexity index is 1350. The molecule has 5 N–H and O–H groups in total. The highest BCUT2D eigenvalue weighted by molar-refractivity contribution is 7.99. The molecule has 38 heavy (non-hydrogen) atoms. The molecule has 0 saturated carbocycles. The minimum absolute atomic E-state index is 0.0237. The first-order chi connectivity index (χ1) is 18.1. The molecule has 3 aliphatic rings. The van der Waals surface area contributed by atoms with Crippen molar-refractivity contribution in [3.63, 3.8) is 0 Å². The van der Waals surface area contributed by atoms with Gasteiger partial charge in [0.25, 0.3) is 0 Å². The Balaban J connectivity index is 1.12. The van der Waals surface area contributed by atoms with Gasteiger partial charge in [0, 0.05) is 61.6 Å². The number of hydrogen-bond acceptors (Lipinski definition) is 10. The first-order valence-electron chi connectivity index (χ1n) is 13.0. The summed E-state index contributed by atoms with van der Waals surface area (Å²) in [4.78, 5) is 23.3. The molecule has 2 saturated heterocycles.